The van der Waals surface area contributed by atoms with E-state index in [1.807, 2.05) is 0 Å². The molecule has 0 aliphatic rings. The van der Waals surface area contributed by atoms with E-state index in [0.29, 0.717) is 12.6 Å². The Morgan fingerprint density at radius 2 is 1.46 bits per heavy atom. The van der Waals surface area contributed by atoms with Crippen LogP contribution in [0.2, 0.25) is 0 Å². The molecule has 4 nitrogen and oxygen atoms in total. The predicted molar refractivity (Wildman–Crippen MR) is 45.3 cm³/mol. The number of hydrogen-bond donors (Lipinski definition) is 2. The summed E-state index contributed by atoms with van der Waals surface area (Å²) in [5, 5.41) is 18.4. The fourth-order valence-electron chi connectivity index (χ4n) is 1.11. The Labute approximate surface area is 74.4 Å². The Kier molecular flexibility index (Phi) is 2.32. The normalized spacial score (nSPS) is 9.62. The highest BCUT2D eigenvalue weighted by Gasteiger charge is 2.12. The van der Waals surface area contributed by atoms with Crippen molar-refractivity contribution in [3.8, 4) is 11.5 Å². The largest absolute Gasteiger partial charge is 0.507 e. The molecule has 0 bridgehead atoms. The summed E-state index contributed by atoms with van der Waals surface area (Å²) in [7, 11) is 0. The van der Waals surface area contributed by atoms with E-state index >= 15 is 0 Å². The molecule has 0 saturated carbocycles. The zero-order valence-electron chi connectivity index (χ0n) is 6.94. The van der Waals surface area contributed by atoms with Crippen molar-refractivity contribution in [1.29, 1.82) is 0 Å². The maximum atomic E-state index is 10.5. The number of aromatic hydroxyl groups is 2. The van der Waals surface area contributed by atoms with Gasteiger partial charge in [0.1, 0.15) is 11.5 Å². The average Bonchev–Trinajstić information content (AvgIpc) is 2.04. The van der Waals surface area contributed by atoms with Gasteiger partial charge in [0.25, 0.3) is 0 Å². The average molecular weight is 180 g/mol. The number of carbonyl (C=O) groups is 2. The molecule has 0 fully saturated rings. The number of aldehydes is 2. The molecule has 0 saturated heterocycles. The van der Waals surface area contributed by atoms with Crippen molar-refractivity contribution in [3.05, 3.63) is 22.8 Å². The Morgan fingerprint density at radius 3 is 1.77 bits per heavy atom. The van der Waals surface area contributed by atoms with Gasteiger partial charge in [0.2, 0.25) is 0 Å². The van der Waals surface area contributed by atoms with E-state index in [4.69, 9.17) is 0 Å². The van der Waals surface area contributed by atoms with Gasteiger partial charge < -0.3 is 10.2 Å². The third-order valence-electron chi connectivity index (χ3n) is 1.87. The molecule has 13 heavy (non-hydrogen) atoms. The van der Waals surface area contributed by atoms with Crippen LogP contribution in [0.5, 0.6) is 11.5 Å². The number of hydrogen-bond acceptors (Lipinski definition) is 4. The van der Waals surface area contributed by atoms with Gasteiger partial charge in [-0.25, -0.2) is 0 Å². The maximum Gasteiger partial charge on any atom is 0.154 e. The Hall–Kier alpha value is -1.84. The van der Waals surface area contributed by atoms with Gasteiger partial charge in [0, 0.05) is 6.07 Å². The van der Waals surface area contributed by atoms with E-state index in [1.54, 1.807) is 0 Å². The second-order valence-corrected chi connectivity index (χ2v) is 2.60. The van der Waals surface area contributed by atoms with Crippen molar-refractivity contribution in [2.45, 2.75) is 6.92 Å². The molecule has 2 N–H and O–H groups in total. The first kappa shape index (κ1) is 9.25. The second kappa shape index (κ2) is 3.26. The SMILES string of the molecule is Cc1c(C=O)c(O)cc(O)c1C=O. The Balaban J connectivity index is 3.56. The number of carbonyl (C=O) groups excluding carboxylic acids is 2. The van der Waals surface area contributed by atoms with Crippen LogP contribution in [0.25, 0.3) is 0 Å². The number of phenolic OH excluding ortho intramolecular Hbond substituents is 2. The summed E-state index contributed by atoms with van der Waals surface area (Å²) >= 11 is 0. The number of phenols is 2. The van der Waals surface area contributed by atoms with Crippen molar-refractivity contribution in [2.75, 3.05) is 0 Å². The summed E-state index contributed by atoms with van der Waals surface area (Å²) in [5.74, 6) is -0.647. The Bertz CT molecular complexity index is 336. The summed E-state index contributed by atoms with van der Waals surface area (Å²) in [6.45, 7) is 1.48. The topological polar surface area (TPSA) is 74.6 Å². The standard InChI is InChI=1S/C9H8O4/c1-5-6(3-10)8(12)2-9(13)7(5)4-11/h2-4,12-13H,1H3. The van der Waals surface area contributed by atoms with Crippen molar-refractivity contribution in [3.63, 3.8) is 0 Å². The summed E-state index contributed by atoms with van der Waals surface area (Å²) in [4.78, 5) is 20.9. The van der Waals surface area contributed by atoms with Crippen LogP contribution in [-0.2, 0) is 0 Å². The quantitative estimate of drug-likeness (QED) is 0.666. The summed E-state index contributed by atoms with van der Waals surface area (Å²) in [6.07, 6.45) is 0.883. The lowest BCUT2D eigenvalue weighted by Crippen LogP contribution is -1.94. The lowest BCUT2D eigenvalue weighted by Gasteiger charge is -2.06. The monoisotopic (exact) mass is 180 g/mol. The van der Waals surface area contributed by atoms with Gasteiger partial charge in [0.05, 0.1) is 11.1 Å². The molecule has 1 rings (SSSR count). The van der Waals surface area contributed by atoms with E-state index < -0.39 is 0 Å². The molecule has 0 spiro atoms. The van der Waals surface area contributed by atoms with Gasteiger partial charge >= 0.3 is 0 Å². The maximum absolute atomic E-state index is 10.5. The second-order valence-electron chi connectivity index (χ2n) is 2.60. The van der Waals surface area contributed by atoms with Crippen LogP contribution in [0.15, 0.2) is 6.07 Å². The van der Waals surface area contributed by atoms with Crippen molar-refractivity contribution in [2.24, 2.45) is 0 Å². The molecular formula is C9H8O4. The first-order chi connectivity index (χ1) is 6.11. The van der Waals surface area contributed by atoms with Crippen molar-refractivity contribution >= 4 is 12.6 Å². The minimum Gasteiger partial charge on any atom is -0.507 e. The van der Waals surface area contributed by atoms with Crippen LogP contribution in [0, 0.1) is 6.92 Å². The molecule has 0 aliphatic carbocycles. The molecule has 0 aliphatic heterocycles. The fraction of sp³-hybridized carbons (Fsp3) is 0.111. The first-order valence-corrected chi connectivity index (χ1v) is 3.57. The van der Waals surface area contributed by atoms with Crippen molar-refractivity contribution < 1.29 is 19.8 Å². The van der Waals surface area contributed by atoms with Crippen LogP contribution in [0.1, 0.15) is 26.3 Å². The molecule has 1 aromatic carbocycles. The predicted octanol–water partition coefficient (Wildman–Crippen LogP) is 1.03. The lowest BCUT2D eigenvalue weighted by atomic mass is 10.0. The summed E-state index contributed by atoms with van der Waals surface area (Å²) in [6, 6.07) is 0.973. The molecule has 1 aromatic rings. The van der Waals surface area contributed by atoms with Gasteiger partial charge in [-0.3, -0.25) is 9.59 Å². The zero-order valence-corrected chi connectivity index (χ0v) is 6.94. The highest BCUT2D eigenvalue weighted by Crippen LogP contribution is 2.29. The van der Waals surface area contributed by atoms with E-state index in [1.165, 1.54) is 6.92 Å². The molecule has 0 amide bonds. The minimum absolute atomic E-state index is 0.0277. The molecule has 0 atom stereocenters. The van der Waals surface area contributed by atoms with Gasteiger partial charge in [-0.1, -0.05) is 0 Å². The third kappa shape index (κ3) is 1.38. The van der Waals surface area contributed by atoms with Gasteiger partial charge in [0.15, 0.2) is 12.6 Å². The molecule has 4 heteroatoms. The van der Waals surface area contributed by atoms with Gasteiger partial charge in [-0.15, -0.1) is 0 Å². The summed E-state index contributed by atoms with van der Waals surface area (Å²) in [5.41, 5.74) is 0.335. The highest BCUT2D eigenvalue weighted by molar-refractivity contribution is 5.90. The number of rotatable bonds is 2. The van der Waals surface area contributed by atoms with Crippen LogP contribution in [0.4, 0.5) is 0 Å². The van der Waals surface area contributed by atoms with Crippen LogP contribution >= 0.6 is 0 Å². The fourth-order valence-corrected chi connectivity index (χ4v) is 1.11. The summed E-state index contributed by atoms with van der Waals surface area (Å²) < 4.78 is 0. The smallest absolute Gasteiger partial charge is 0.154 e. The minimum atomic E-state index is -0.324. The Morgan fingerprint density at radius 1 is 1.08 bits per heavy atom. The van der Waals surface area contributed by atoms with Crippen LogP contribution in [-0.4, -0.2) is 22.8 Å². The molecule has 68 valence electrons. The molecule has 0 unspecified atom stereocenters. The third-order valence-corrected chi connectivity index (χ3v) is 1.87. The zero-order chi connectivity index (χ0) is 10.0. The molecular weight excluding hydrogens is 172 g/mol. The number of benzene rings is 1. The molecule has 0 radical (unpaired) electrons. The van der Waals surface area contributed by atoms with Gasteiger partial charge in [-0.2, -0.15) is 0 Å². The van der Waals surface area contributed by atoms with Gasteiger partial charge in [-0.05, 0) is 12.5 Å². The van der Waals surface area contributed by atoms with E-state index in [2.05, 4.69) is 0 Å². The van der Waals surface area contributed by atoms with Crippen LogP contribution < -0.4 is 0 Å². The lowest BCUT2D eigenvalue weighted by molar-refractivity contribution is 0.111. The van der Waals surface area contributed by atoms with Crippen molar-refractivity contribution in [1.82, 2.24) is 0 Å². The molecule has 0 aromatic heterocycles. The van der Waals surface area contributed by atoms with E-state index in [0.717, 1.165) is 6.07 Å². The first-order valence-electron chi connectivity index (χ1n) is 3.57. The highest BCUT2D eigenvalue weighted by atomic mass is 16.3. The molecule has 0 heterocycles. The van der Waals surface area contributed by atoms with Crippen LogP contribution in [0.3, 0.4) is 0 Å². The van der Waals surface area contributed by atoms with E-state index in [-0.39, 0.29) is 28.2 Å². The van der Waals surface area contributed by atoms with E-state index in [9.17, 15) is 19.8 Å².